The van der Waals surface area contributed by atoms with Crippen LogP contribution in [0.2, 0.25) is 0 Å². The van der Waals surface area contributed by atoms with E-state index in [-0.39, 0.29) is 23.0 Å². The fourth-order valence-electron chi connectivity index (χ4n) is 2.16. The average Bonchev–Trinajstić information content (AvgIpc) is 2.45. The molecule has 6 nitrogen and oxygen atoms in total. The van der Waals surface area contributed by atoms with Gasteiger partial charge in [0.2, 0.25) is 0 Å². The minimum absolute atomic E-state index is 0.0108. The third-order valence-electron chi connectivity index (χ3n) is 3.17. The molecule has 0 amide bonds. The first-order valence-corrected chi connectivity index (χ1v) is 6.26. The first-order valence-electron chi connectivity index (χ1n) is 6.26. The third-order valence-corrected chi connectivity index (χ3v) is 3.17. The predicted molar refractivity (Wildman–Crippen MR) is 68.9 cm³/mol. The second-order valence-corrected chi connectivity index (χ2v) is 4.48. The highest BCUT2D eigenvalue weighted by Crippen LogP contribution is 2.27. The molecule has 1 aliphatic heterocycles. The van der Waals surface area contributed by atoms with Crippen molar-refractivity contribution >= 4 is 5.69 Å². The predicted octanol–water partition coefficient (Wildman–Crippen LogP) is 1.99. The molecule has 0 spiro atoms. The van der Waals surface area contributed by atoms with Crippen LogP contribution in [-0.4, -0.2) is 24.1 Å². The van der Waals surface area contributed by atoms with Crippen LogP contribution in [0.1, 0.15) is 24.8 Å². The Morgan fingerprint density at radius 2 is 2.37 bits per heavy atom. The molecule has 1 saturated heterocycles. The largest absolute Gasteiger partial charge is 0.490 e. The van der Waals surface area contributed by atoms with E-state index in [1.807, 2.05) is 6.07 Å². The van der Waals surface area contributed by atoms with E-state index in [4.69, 9.17) is 10.00 Å². The van der Waals surface area contributed by atoms with Gasteiger partial charge in [-0.15, -0.1) is 0 Å². The molecule has 1 aromatic rings. The highest BCUT2D eigenvalue weighted by atomic mass is 16.6. The lowest BCUT2D eigenvalue weighted by Crippen LogP contribution is -2.38. The van der Waals surface area contributed by atoms with Gasteiger partial charge in [0.15, 0.2) is 5.56 Å². The molecule has 0 unspecified atom stereocenters. The second-order valence-electron chi connectivity index (χ2n) is 4.48. The van der Waals surface area contributed by atoms with Gasteiger partial charge in [-0.1, -0.05) is 12.5 Å². The van der Waals surface area contributed by atoms with Crippen LogP contribution in [-0.2, 0) is 0 Å². The summed E-state index contributed by atoms with van der Waals surface area (Å²) >= 11 is 0. The van der Waals surface area contributed by atoms with E-state index in [0.29, 0.717) is 6.61 Å². The van der Waals surface area contributed by atoms with Crippen LogP contribution in [0.15, 0.2) is 18.2 Å². The first kappa shape index (κ1) is 13.3. The molecule has 1 heterocycles. The van der Waals surface area contributed by atoms with E-state index < -0.39 is 4.92 Å². The molecule has 1 atom stereocenters. The molecule has 0 aliphatic carbocycles. The zero-order valence-corrected chi connectivity index (χ0v) is 10.5. The Bertz CT molecular complexity index is 504. The number of hydrogen-bond acceptors (Lipinski definition) is 5. The Kier molecular flexibility index (Phi) is 4.31. The summed E-state index contributed by atoms with van der Waals surface area (Å²) in [5, 5.41) is 23.2. The van der Waals surface area contributed by atoms with Gasteiger partial charge in [0.25, 0.3) is 5.69 Å². The summed E-state index contributed by atoms with van der Waals surface area (Å²) in [6, 6.07) is 6.53. The lowest BCUT2D eigenvalue weighted by Gasteiger charge is -2.23. The van der Waals surface area contributed by atoms with Crippen LogP contribution in [0.5, 0.6) is 5.75 Å². The molecular weight excluding hydrogens is 246 g/mol. The number of nitrogens with one attached hydrogen (secondary N) is 1. The van der Waals surface area contributed by atoms with Crippen molar-refractivity contribution in [2.24, 2.45) is 0 Å². The Morgan fingerprint density at radius 1 is 1.53 bits per heavy atom. The normalized spacial score (nSPS) is 18.6. The van der Waals surface area contributed by atoms with E-state index in [1.165, 1.54) is 12.1 Å². The molecule has 1 aromatic carbocycles. The highest BCUT2D eigenvalue weighted by molar-refractivity contribution is 5.56. The van der Waals surface area contributed by atoms with Crippen LogP contribution in [0.25, 0.3) is 0 Å². The fourth-order valence-corrected chi connectivity index (χ4v) is 2.16. The van der Waals surface area contributed by atoms with Gasteiger partial charge in [-0.3, -0.25) is 10.1 Å². The molecule has 100 valence electrons. The van der Waals surface area contributed by atoms with Crippen molar-refractivity contribution in [2.45, 2.75) is 25.3 Å². The van der Waals surface area contributed by atoms with Gasteiger partial charge in [-0.2, -0.15) is 5.26 Å². The number of hydrogen-bond donors (Lipinski definition) is 1. The quantitative estimate of drug-likeness (QED) is 0.661. The van der Waals surface area contributed by atoms with Crippen LogP contribution < -0.4 is 10.1 Å². The van der Waals surface area contributed by atoms with Gasteiger partial charge >= 0.3 is 0 Å². The number of rotatable bonds is 4. The van der Waals surface area contributed by atoms with E-state index in [9.17, 15) is 10.1 Å². The van der Waals surface area contributed by atoms with E-state index in [2.05, 4.69) is 5.32 Å². The van der Waals surface area contributed by atoms with Crippen molar-refractivity contribution in [1.82, 2.24) is 5.32 Å². The molecule has 0 bridgehead atoms. The van der Waals surface area contributed by atoms with Crippen molar-refractivity contribution in [3.63, 3.8) is 0 Å². The van der Waals surface area contributed by atoms with E-state index in [1.54, 1.807) is 6.07 Å². The Balaban J connectivity index is 2.09. The van der Waals surface area contributed by atoms with Crippen LogP contribution in [0, 0.1) is 21.4 Å². The standard InChI is InChI=1S/C13H15N3O3/c14-8-11-12(16(17)18)5-3-6-13(11)19-9-10-4-1-2-7-15-10/h3,5-6,10,15H,1-2,4,7,9H2/t10-/m0/s1. The number of piperidine rings is 1. The van der Waals surface area contributed by atoms with Gasteiger partial charge in [0, 0.05) is 12.1 Å². The molecular formula is C13H15N3O3. The van der Waals surface area contributed by atoms with Crippen LogP contribution in [0.4, 0.5) is 5.69 Å². The number of nitro benzene ring substituents is 1. The summed E-state index contributed by atoms with van der Waals surface area (Å²) in [7, 11) is 0. The lowest BCUT2D eigenvalue weighted by atomic mass is 10.1. The van der Waals surface area contributed by atoms with E-state index in [0.717, 1.165) is 25.8 Å². The Labute approximate surface area is 111 Å². The Morgan fingerprint density at radius 3 is 3.00 bits per heavy atom. The van der Waals surface area contributed by atoms with Crippen LogP contribution in [0.3, 0.4) is 0 Å². The summed E-state index contributed by atoms with van der Waals surface area (Å²) in [4.78, 5) is 10.3. The summed E-state index contributed by atoms with van der Waals surface area (Å²) in [6.45, 7) is 1.39. The zero-order valence-electron chi connectivity index (χ0n) is 10.5. The molecule has 0 radical (unpaired) electrons. The van der Waals surface area contributed by atoms with Crippen LogP contribution >= 0.6 is 0 Å². The number of nitrogens with zero attached hydrogens (tertiary/aromatic N) is 2. The second kappa shape index (κ2) is 6.16. The SMILES string of the molecule is N#Cc1c(OC[C@@H]2CCCCN2)cccc1[N+](=O)[O-]. The van der Waals surface area contributed by atoms with Gasteiger partial charge in [-0.05, 0) is 25.5 Å². The first-order chi connectivity index (χ1) is 9.22. The average molecular weight is 261 g/mol. The third kappa shape index (κ3) is 3.20. The lowest BCUT2D eigenvalue weighted by molar-refractivity contribution is -0.385. The van der Waals surface area contributed by atoms with Gasteiger partial charge in [0.05, 0.1) is 4.92 Å². The summed E-state index contributed by atoms with van der Waals surface area (Å²) < 4.78 is 5.57. The molecule has 6 heteroatoms. The molecule has 2 rings (SSSR count). The van der Waals surface area contributed by atoms with Crippen molar-refractivity contribution in [3.05, 3.63) is 33.9 Å². The highest BCUT2D eigenvalue weighted by Gasteiger charge is 2.19. The van der Waals surface area contributed by atoms with E-state index >= 15 is 0 Å². The van der Waals surface area contributed by atoms with Gasteiger partial charge in [-0.25, -0.2) is 0 Å². The maximum Gasteiger partial charge on any atom is 0.290 e. The van der Waals surface area contributed by atoms with Crippen molar-refractivity contribution in [2.75, 3.05) is 13.2 Å². The molecule has 0 saturated carbocycles. The summed E-state index contributed by atoms with van der Waals surface area (Å²) in [6.07, 6.45) is 3.34. The monoisotopic (exact) mass is 261 g/mol. The maximum atomic E-state index is 10.8. The Hall–Kier alpha value is -2.13. The summed E-state index contributed by atoms with van der Waals surface area (Å²) in [5.41, 5.74) is -0.222. The smallest absolute Gasteiger partial charge is 0.290 e. The van der Waals surface area contributed by atoms with Crippen molar-refractivity contribution in [3.8, 4) is 11.8 Å². The molecule has 19 heavy (non-hydrogen) atoms. The maximum absolute atomic E-state index is 10.8. The minimum atomic E-state index is -0.565. The van der Waals surface area contributed by atoms with Crippen molar-refractivity contribution < 1.29 is 9.66 Å². The number of ether oxygens (including phenoxy) is 1. The zero-order chi connectivity index (χ0) is 13.7. The summed E-state index contributed by atoms with van der Waals surface area (Å²) in [5.74, 6) is 0.282. The van der Waals surface area contributed by atoms with Gasteiger partial charge in [0.1, 0.15) is 18.4 Å². The van der Waals surface area contributed by atoms with Crippen molar-refractivity contribution in [1.29, 1.82) is 5.26 Å². The number of nitro groups is 1. The molecule has 1 N–H and O–H groups in total. The number of nitriles is 1. The molecule has 0 aromatic heterocycles. The topological polar surface area (TPSA) is 88.2 Å². The minimum Gasteiger partial charge on any atom is -0.490 e. The number of benzene rings is 1. The fraction of sp³-hybridized carbons (Fsp3) is 0.462. The molecule has 1 fully saturated rings. The van der Waals surface area contributed by atoms with Gasteiger partial charge < -0.3 is 10.1 Å². The molecule has 1 aliphatic rings.